The zero-order valence-corrected chi connectivity index (χ0v) is 13.4. The minimum absolute atomic E-state index is 0.179. The molecule has 1 fully saturated rings. The van der Waals surface area contributed by atoms with Gasteiger partial charge < -0.3 is 15.0 Å². The lowest BCUT2D eigenvalue weighted by molar-refractivity contribution is -0.138. The Morgan fingerprint density at radius 3 is 2.46 bits per heavy atom. The molecule has 0 spiro atoms. The van der Waals surface area contributed by atoms with Crippen LogP contribution < -0.4 is 5.32 Å². The SMILES string of the molecule is CC(OC(=O)c1ccc(NC(=O)CC#N)cc1)C(=O)N1CCCC1. The van der Waals surface area contributed by atoms with Crippen LogP contribution in [0.4, 0.5) is 5.69 Å². The van der Waals surface area contributed by atoms with E-state index >= 15 is 0 Å². The standard InChI is InChI=1S/C17H19N3O4/c1-12(16(22)20-10-2-3-11-20)24-17(23)13-4-6-14(7-5-13)19-15(21)8-9-18/h4-7,12H,2-3,8,10-11H2,1H3,(H,19,21). The van der Waals surface area contributed by atoms with Gasteiger partial charge in [0.25, 0.3) is 5.91 Å². The number of carbonyl (C=O) groups excluding carboxylic acids is 3. The van der Waals surface area contributed by atoms with Gasteiger partial charge in [-0.1, -0.05) is 0 Å². The summed E-state index contributed by atoms with van der Waals surface area (Å²) in [7, 11) is 0. The molecule has 1 N–H and O–H groups in total. The van der Waals surface area contributed by atoms with Crippen LogP contribution in [0.3, 0.4) is 0 Å². The molecule has 126 valence electrons. The van der Waals surface area contributed by atoms with E-state index < -0.39 is 18.0 Å². The average molecular weight is 329 g/mol. The summed E-state index contributed by atoms with van der Waals surface area (Å²) in [5, 5.41) is 11.0. The predicted octanol–water partition coefficient (Wildman–Crippen LogP) is 1.71. The van der Waals surface area contributed by atoms with Crippen molar-refractivity contribution in [1.82, 2.24) is 4.90 Å². The Morgan fingerprint density at radius 1 is 1.25 bits per heavy atom. The smallest absolute Gasteiger partial charge is 0.338 e. The van der Waals surface area contributed by atoms with Gasteiger partial charge in [0.1, 0.15) is 6.42 Å². The molecule has 1 unspecified atom stereocenters. The van der Waals surface area contributed by atoms with Crippen molar-refractivity contribution >= 4 is 23.5 Å². The van der Waals surface area contributed by atoms with Crippen LogP contribution in [0, 0.1) is 11.3 Å². The Labute approximate surface area is 140 Å². The molecule has 1 heterocycles. The number of nitriles is 1. The molecule has 2 amide bonds. The highest BCUT2D eigenvalue weighted by atomic mass is 16.5. The molecule has 1 saturated heterocycles. The first-order valence-electron chi connectivity index (χ1n) is 7.78. The first-order valence-corrected chi connectivity index (χ1v) is 7.78. The van der Waals surface area contributed by atoms with E-state index in [0.717, 1.165) is 12.8 Å². The summed E-state index contributed by atoms with van der Waals surface area (Å²) in [5.74, 6) is -1.19. The second-order valence-corrected chi connectivity index (χ2v) is 5.54. The second-order valence-electron chi connectivity index (χ2n) is 5.54. The largest absolute Gasteiger partial charge is 0.449 e. The van der Waals surface area contributed by atoms with Gasteiger partial charge in [-0.15, -0.1) is 0 Å². The van der Waals surface area contributed by atoms with E-state index in [1.54, 1.807) is 30.0 Å². The number of carbonyl (C=O) groups is 3. The van der Waals surface area contributed by atoms with Crippen molar-refractivity contribution in [2.75, 3.05) is 18.4 Å². The number of nitrogens with zero attached hydrogens (tertiary/aromatic N) is 2. The topological polar surface area (TPSA) is 99.5 Å². The van der Waals surface area contributed by atoms with Crippen LogP contribution >= 0.6 is 0 Å². The maximum Gasteiger partial charge on any atom is 0.338 e. The van der Waals surface area contributed by atoms with Gasteiger partial charge in [0.15, 0.2) is 6.10 Å². The Morgan fingerprint density at radius 2 is 1.88 bits per heavy atom. The van der Waals surface area contributed by atoms with Gasteiger partial charge in [-0.2, -0.15) is 5.26 Å². The molecular formula is C17H19N3O4. The minimum atomic E-state index is -0.828. The van der Waals surface area contributed by atoms with Crippen molar-refractivity contribution < 1.29 is 19.1 Å². The van der Waals surface area contributed by atoms with E-state index in [2.05, 4.69) is 5.32 Å². The summed E-state index contributed by atoms with van der Waals surface area (Å²) < 4.78 is 5.21. The van der Waals surface area contributed by atoms with Crippen LogP contribution in [0.15, 0.2) is 24.3 Å². The molecule has 0 saturated carbocycles. The van der Waals surface area contributed by atoms with Gasteiger partial charge in [-0.05, 0) is 44.0 Å². The van der Waals surface area contributed by atoms with Gasteiger partial charge >= 0.3 is 5.97 Å². The number of nitrogens with one attached hydrogen (secondary N) is 1. The molecule has 24 heavy (non-hydrogen) atoms. The molecule has 1 aromatic carbocycles. The number of likely N-dealkylation sites (tertiary alicyclic amines) is 1. The van der Waals surface area contributed by atoms with Crippen molar-refractivity contribution in [3.63, 3.8) is 0 Å². The van der Waals surface area contributed by atoms with Gasteiger partial charge in [0.05, 0.1) is 11.6 Å². The highest BCUT2D eigenvalue weighted by molar-refractivity contribution is 5.94. The Kier molecular flexibility index (Phi) is 5.90. The van der Waals surface area contributed by atoms with Gasteiger partial charge in [-0.3, -0.25) is 9.59 Å². The number of amides is 2. The summed E-state index contributed by atoms with van der Waals surface area (Å²) in [6.07, 6.45) is 0.891. The number of ether oxygens (including phenoxy) is 1. The summed E-state index contributed by atoms with van der Waals surface area (Å²) in [5.41, 5.74) is 0.766. The van der Waals surface area contributed by atoms with Gasteiger partial charge in [0.2, 0.25) is 5.91 Å². The molecule has 1 aliphatic heterocycles. The predicted molar refractivity (Wildman–Crippen MR) is 86.0 cm³/mol. The fraction of sp³-hybridized carbons (Fsp3) is 0.412. The normalized spacial score (nSPS) is 14.6. The number of esters is 1. The molecule has 1 atom stereocenters. The van der Waals surface area contributed by atoms with Crippen molar-refractivity contribution in [3.8, 4) is 6.07 Å². The van der Waals surface area contributed by atoms with Crippen LogP contribution in [0.25, 0.3) is 0 Å². The molecule has 1 aromatic rings. The third kappa shape index (κ3) is 4.56. The molecule has 0 radical (unpaired) electrons. The Bertz CT molecular complexity index is 657. The summed E-state index contributed by atoms with van der Waals surface area (Å²) in [6.45, 7) is 2.98. The first-order chi connectivity index (χ1) is 11.5. The van der Waals surface area contributed by atoms with Crippen LogP contribution in [-0.2, 0) is 14.3 Å². The maximum absolute atomic E-state index is 12.1. The average Bonchev–Trinajstić information content (AvgIpc) is 3.09. The Balaban J connectivity index is 1.91. The second kappa shape index (κ2) is 8.11. The van der Waals surface area contributed by atoms with Crippen LogP contribution in [0.5, 0.6) is 0 Å². The molecule has 7 heteroatoms. The monoisotopic (exact) mass is 329 g/mol. The van der Waals surface area contributed by atoms with Gasteiger partial charge in [-0.25, -0.2) is 4.79 Å². The van der Waals surface area contributed by atoms with Crippen molar-refractivity contribution in [2.45, 2.75) is 32.3 Å². The van der Waals surface area contributed by atoms with E-state index in [0.29, 0.717) is 18.8 Å². The molecule has 0 bridgehead atoms. The third-order valence-corrected chi connectivity index (χ3v) is 3.69. The highest BCUT2D eigenvalue weighted by Gasteiger charge is 2.26. The third-order valence-electron chi connectivity index (χ3n) is 3.69. The molecule has 7 nitrogen and oxygen atoms in total. The summed E-state index contributed by atoms with van der Waals surface area (Å²) in [4.78, 5) is 37.2. The Hall–Kier alpha value is -2.88. The number of benzene rings is 1. The van der Waals surface area contributed by atoms with Crippen molar-refractivity contribution in [3.05, 3.63) is 29.8 Å². The van der Waals surface area contributed by atoms with Crippen molar-refractivity contribution in [1.29, 1.82) is 5.26 Å². The fourth-order valence-electron chi connectivity index (χ4n) is 2.44. The highest BCUT2D eigenvalue weighted by Crippen LogP contribution is 2.14. The lowest BCUT2D eigenvalue weighted by Gasteiger charge is -2.20. The quantitative estimate of drug-likeness (QED) is 0.829. The number of rotatable bonds is 5. The summed E-state index contributed by atoms with van der Waals surface area (Å²) in [6, 6.07) is 7.83. The zero-order chi connectivity index (χ0) is 17.5. The van der Waals surface area contributed by atoms with Crippen LogP contribution in [0.2, 0.25) is 0 Å². The first kappa shape index (κ1) is 17.5. The number of hydrogen-bond donors (Lipinski definition) is 1. The number of hydrogen-bond acceptors (Lipinski definition) is 5. The van der Waals surface area contributed by atoms with E-state index in [-0.39, 0.29) is 17.9 Å². The minimum Gasteiger partial charge on any atom is -0.449 e. The lowest BCUT2D eigenvalue weighted by Crippen LogP contribution is -2.38. The maximum atomic E-state index is 12.1. The van der Waals surface area contributed by atoms with Crippen molar-refractivity contribution in [2.24, 2.45) is 0 Å². The van der Waals surface area contributed by atoms with E-state index in [9.17, 15) is 14.4 Å². The summed E-state index contributed by atoms with van der Waals surface area (Å²) >= 11 is 0. The lowest BCUT2D eigenvalue weighted by atomic mass is 10.2. The number of anilines is 1. The molecule has 2 rings (SSSR count). The van der Waals surface area contributed by atoms with Gasteiger partial charge in [0, 0.05) is 18.8 Å². The molecule has 1 aliphatic rings. The molecule has 0 aromatic heterocycles. The van der Waals surface area contributed by atoms with E-state index in [4.69, 9.17) is 10.00 Å². The van der Waals surface area contributed by atoms with E-state index in [1.165, 1.54) is 12.1 Å². The van der Waals surface area contributed by atoms with Crippen LogP contribution in [0.1, 0.15) is 36.5 Å². The van der Waals surface area contributed by atoms with Crippen LogP contribution in [-0.4, -0.2) is 41.9 Å². The molecular weight excluding hydrogens is 310 g/mol. The zero-order valence-electron chi connectivity index (χ0n) is 13.4. The van der Waals surface area contributed by atoms with E-state index in [1.807, 2.05) is 0 Å². The fourth-order valence-corrected chi connectivity index (χ4v) is 2.44. The molecule has 0 aliphatic carbocycles.